The minimum Gasteiger partial charge on any atom is -0.480 e. The number of pyridine rings is 1. The van der Waals surface area contributed by atoms with Crippen LogP contribution >= 0.6 is 0 Å². The van der Waals surface area contributed by atoms with E-state index in [2.05, 4.69) is 11.6 Å². The van der Waals surface area contributed by atoms with Crippen LogP contribution in [0.2, 0.25) is 0 Å². The van der Waals surface area contributed by atoms with Crippen LogP contribution in [-0.2, 0) is 4.79 Å². The number of carboxylic acid groups (broad SMARTS) is 1. The third-order valence-corrected chi connectivity index (χ3v) is 3.59. The molecular weight excluding hydrogens is 309 g/mol. The molecule has 24 heavy (non-hydrogen) atoms. The van der Waals surface area contributed by atoms with Crippen molar-refractivity contribution in [2.45, 2.75) is 6.92 Å². The molecule has 1 aromatic carbocycles. The summed E-state index contributed by atoms with van der Waals surface area (Å²) in [4.78, 5) is 15.5. The molecule has 0 spiro atoms. The summed E-state index contributed by atoms with van der Waals surface area (Å²) in [6.07, 6.45) is 1.64. The van der Waals surface area contributed by atoms with Crippen molar-refractivity contribution in [3.63, 3.8) is 0 Å². The maximum Gasteiger partial charge on any atom is 0.324 e. The summed E-state index contributed by atoms with van der Waals surface area (Å²) in [7, 11) is 3.48. The van der Waals surface area contributed by atoms with Gasteiger partial charge in [-0.15, -0.1) is 0 Å². The van der Waals surface area contributed by atoms with Gasteiger partial charge >= 0.3 is 5.97 Å². The Morgan fingerprint density at radius 1 is 1.29 bits per heavy atom. The monoisotopic (exact) mass is 329 g/mol. The van der Waals surface area contributed by atoms with Crippen LogP contribution in [0, 0.1) is 12.7 Å². The Labute approximate surface area is 140 Å². The zero-order valence-electron chi connectivity index (χ0n) is 14.0. The number of benzene rings is 1. The number of hydrogen-bond acceptors (Lipinski definition) is 4. The summed E-state index contributed by atoms with van der Waals surface area (Å²) in [6, 6.07) is 8.18. The van der Waals surface area contributed by atoms with E-state index in [0.29, 0.717) is 11.4 Å². The predicted molar refractivity (Wildman–Crippen MR) is 91.4 cm³/mol. The van der Waals surface area contributed by atoms with Gasteiger partial charge in [0.15, 0.2) is 0 Å². The molecule has 0 atom stereocenters. The third-order valence-electron chi connectivity index (χ3n) is 3.59. The lowest BCUT2D eigenvalue weighted by molar-refractivity contribution is -0.140. The standard InChI is InChI=1S/C18H20FN3O2/c1-12-8-15(14-6-5-7-16(19)9-14)10-20-18(12)13(2)22(21(3)4)11-17(23)24/h5-10H,2,11H2,1,3-4H3,(H,23,24). The fourth-order valence-corrected chi connectivity index (χ4v) is 2.43. The second-order valence-corrected chi connectivity index (χ2v) is 5.65. The Kier molecular flexibility index (Phi) is 5.31. The van der Waals surface area contributed by atoms with E-state index >= 15 is 0 Å². The zero-order valence-corrected chi connectivity index (χ0v) is 14.0. The van der Waals surface area contributed by atoms with Crippen molar-refractivity contribution in [3.05, 3.63) is 60.2 Å². The Bertz CT molecular complexity index is 775. The van der Waals surface area contributed by atoms with Crippen molar-refractivity contribution >= 4 is 11.7 Å². The third kappa shape index (κ3) is 3.97. The molecule has 1 N–H and O–H groups in total. The van der Waals surface area contributed by atoms with E-state index in [9.17, 15) is 9.18 Å². The highest BCUT2D eigenvalue weighted by Crippen LogP contribution is 2.25. The van der Waals surface area contributed by atoms with Gasteiger partial charge in [-0.25, -0.2) is 9.40 Å². The fourth-order valence-electron chi connectivity index (χ4n) is 2.43. The van der Waals surface area contributed by atoms with E-state index in [4.69, 9.17) is 5.11 Å². The molecule has 0 saturated carbocycles. The molecule has 0 saturated heterocycles. The zero-order chi connectivity index (χ0) is 17.9. The number of rotatable bonds is 6. The van der Waals surface area contributed by atoms with Crippen LogP contribution in [0.5, 0.6) is 0 Å². The Morgan fingerprint density at radius 3 is 2.54 bits per heavy atom. The summed E-state index contributed by atoms with van der Waals surface area (Å²) in [5.41, 5.74) is 3.45. The van der Waals surface area contributed by atoms with Gasteiger partial charge in [-0.1, -0.05) is 18.7 Å². The van der Waals surface area contributed by atoms with Crippen LogP contribution in [0.25, 0.3) is 16.8 Å². The van der Waals surface area contributed by atoms with Crippen molar-refractivity contribution in [1.82, 2.24) is 15.0 Å². The van der Waals surface area contributed by atoms with Crippen molar-refractivity contribution in [1.29, 1.82) is 0 Å². The Morgan fingerprint density at radius 2 is 2.00 bits per heavy atom. The van der Waals surface area contributed by atoms with Crippen molar-refractivity contribution in [3.8, 4) is 11.1 Å². The number of aromatic nitrogens is 1. The van der Waals surface area contributed by atoms with Crippen LogP contribution in [0.1, 0.15) is 11.3 Å². The van der Waals surface area contributed by atoms with Crippen LogP contribution in [-0.4, -0.2) is 46.7 Å². The molecule has 1 aromatic heterocycles. The molecule has 0 aliphatic heterocycles. The molecule has 6 heteroatoms. The highest BCUT2D eigenvalue weighted by molar-refractivity contribution is 5.73. The highest BCUT2D eigenvalue weighted by atomic mass is 19.1. The average molecular weight is 329 g/mol. The van der Waals surface area contributed by atoms with E-state index in [1.54, 1.807) is 31.4 Å². The Hall–Kier alpha value is -2.73. The van der Waals surface area contributed by atoms with Gasteiger partial charge < -0.3 is 5.11 Å². The van der Waals surface area contributed by atoms with Crippen molar-refractivity contribution < 1.29 is 14.3 Å². The van der Waals surface area contributed by atoms with Gasteiger partial charge in [0, 0.05) is 25.9 Å². The summed E-state index contributed by atoms with van der Waals surface area (Å²) in [6.45, 7) is 5.63. The van der Waals surface area contributed by atoms with E-state index in [0.717, 1.165) is 16.7 Å². The normalized spacial score (nSPS) is 10.7. The maximum atomic E-state index is 13.4. The maximum absolute atomic E-state index is 13.4. The first kappa shape index (κ1) is 17.6. The molecule has 126 valence electrons. The van der Waals surface area contributed by atoms with Gasteiger partial charge in [-0.05, 0) is 36.2 Å². The predicted octanol–water partition coefficient (Wildman–Crippen LogP) is 3.03. The number of carbonyl (C=O) groups is 1. The van der Waals surface area contributed by atoms with Gasteiger partial charge in [0.25, 0.3) is 0 Å². The van der Waals surface area contributed by atoms with E-state index in [-0.39, 0.29) is 12.4 Å². The van der Waals surface area contributed by atoms with Crippen LogP contribution in [0.3, 0.4) is 0 Å². The molecular formula is C18H20FN3O2. The Balaban J connectivity index is 2.35. The molecule has 1 heterocycles. The molecule has 0 radical (unpaired) electrons. The number of halogens is 1. The lowest BCUT2D eigenvalue weighted by Crippen LogP contribution is -2.39. The smallest absolute Gasteiger partial charge is 0.324 e. The van der Waals surface area contributed by atoms with Gasteiger partial charge in [-0.3, -0.25) is 14.8 Å². The van der Waals surface area contributed by atoms with Crippen molar-refractivity contribution in [2.24, 2.45) is 0 Å². The molecule has 0 fully saturated rings. The largest absolute Gasteiger partial charge is 0.480 e. The minimum atomic E-state index is -0.959. The van der Waals surface area contributed by atoms with E-state index in [1.807, 2.05) is 19.1 Å². The first-order chi connectivity index (χ1) is 11.3. The molecule has 0 aliphatic rings. The fraction of sp³-hybridized carbons (Fsp3) is 0.222. The number of hydrogen-bond donors (Lipinski definition) is 1. The first-order valence-electron chi connectivity index (χ1n) is 7.38. The number of aryl methyl sites for hydroxylation is 1. The average Bonchev–Trinajstić information content (AvgIpc) is 2.51. The molecule has 0 unspecified atom stereocenters. The number of carboxylic acids is 1. The number of nitrogens with zero attached hydrogens (tertiary/aromatic N) is 3. The lowest BCUT2D eigenvalue weighted by Gasteiger charge is -2.31. The molecule has 5 nitrogen and oxygen atoms in total. The summed E-state index contributed by atoms with van der Waals surface area (Å²) >= 11 is 0. The quantitative estimate of drug-likeness (QED) is 0.826. The minimum absolute atomic E-state index is 0.210. The molecule has 0 bridgehead atoms. The van der Waals surface area contributed by atoms with E-state index < -0.39 is 5.97 Å². The number of hydrazine groups is 1. The number of aliphatic carboxylic acids is 1. The van der Waals surface area contributed by atoms with Gasteiger partial charge in [0.05, 0.1) is 11.4 Å². The molecule has 0 aliphatic carbocycles. The second kappa shape index (κ2) is 7.23. The summed E-state index contributed by atoms with van der Waals surface area (Å²) in [5, 5.41) is 12.2. The molecule has 2 aromatic rings. The van der Waals surface area contributed by atoms with Crippen LogP contribution in [0.4, 0.5) is 4.39 Å². The van der Waals surface area contributed by atoms with Crippen LogP contribution in [0.15, 0.2) is 43.1 Å². The van der Waals surface area contributed by atoms with Gasteiger partial charge in [-0.2, -0.15) is 0 Å². The van der Waals surface area contributed by atoms with Crippen LogP contribution < -0.4 is 0 Å². The molecule has 2 rings (SSSR count). The lowest BCUT2D eigenvalue weighted by atomic mass is 10.0. The second-order valence-electron chi connectivity index (χ2n) is 5.65. The van der Waals surface area contributed by atoms with E-state index in [1.165, 1.54) is 17.1 Å². The van der Waals surface area contributed by atoms with Gasteiger partial charge in [0.1, 0.15) is 12.4 Å². The van der Waals surface area contributed by atoms with Crippen molar-refractivity contribution in [2.75, 3.05) is 20.6 Å². The molecule has 0 amide bonds. The highest BCUT2D eigenvalue weighted by Gasteiger charge is 2.18. The SMILES string of the molecule is C=C(c1ncc(-c2cccc(F)c2)cc1C)N(CC(=O)O)N(C)C. The van der Waals surface area contributed by atoms with Gasteiger partial charge in [0.2, 0.25) is 0 Å². The topological polar surface area (TPSA) is 56.7 Å². The first-order valence-corrected chi connectivity index (χ1v) is 7.38. The summed E-state index contributed by atoms with van der Waals surface area (Å²) in [5.74, 6) is -1.27. The summed E-state index contributed by atoms with van der Waals surface area (Å²) < 4.78 is 13.4.